The van der Waals surface area contributed by atoms with Crippen molar-refractivity contribution in [3.05, 3.63) is 17.6 Å². The molecule has 1 aromatic heterocycles. The Hall–Kier alpha value is -0.850. The van der Waals surface area contributed by atoms with Gasteiger partial charge in [0.25, 0.3) is 0 Å². The molecule has 0 aromatic carbocycles. The van der Waals surface area contributed by atoms with Gasteiger partial charge in [0.2, 0.25) is 0 Å². The molecule has 0 aliphatic heterocycles. The Balaban J connectivity index is 3.07. The SMILES string of the molecule is Cc1cc(N(CCBr)CC(F)(F)F)nc(C(C)C)n1. The van der Waals surface area contributed by atoms with Crippen LogP contribution < -0.4 is 4.90 Å². The number of anilines is 1. The minimum Gasteiger partial charge on any atom is -0.347 e. The second kappa shape index (κ2) is 6.54. The van der Waals surface area contributed by atoms with Gasteiger partial charge in [-0.05, 0) is 6.92 Å². The summed E-state index contributed by atoms with van der Waals surface area (Å²) in [6.45, 7) is 4.82. The first-order valence-corrected chi connectivity index (χ1v) is 7.08. The summed E-state index contributed by atoms with van der Waals surface area (Å²) in [5.74, 6) is 0.972. The zero-order chi connectivity index (χ0) is 14.6. The second-order valence-corrected chi connectivity index (χ2v) is 5.40. The van der Waals surface area contributed by atoms with Crippen LogP contribution in [0.4, 0.5) is 19.0 Å². The summed E-state index contributed by atoms with van der Waals surface area (Å²) >= 11 is 3.17. The van der Waals surface area contributed by atoms with E-state index in [-0.39, 0.29) is 12.5 Å². The van der Waals surface area contributed by atoms with Gasteiger partial charge in [-0.25, -0.2) is 9.97 Å². The van der Waals surface area contributed by atoms with Crippen molar-refractivity contribution < 1.29 is 13.2 Å². The van der Waals surface area contributed by atoms with Crippen molar-refractivity contribution in [1.29, 1.82) is 0 Å². The maximum atomic E-state index is 12.6. The van der Waals surface area contributed by atoms with E-state index < -0.39 is 12.7 Å². The van der Waals surface area contributed by atoms with Gasteiger partial charge in [-0.2, -0.15) is 13.2 Å². The first kappa shape index (κ1) is 16.2. The van der Waals surface area contributed by atoms with Gasteiger partial charge < -0.3 is 4.90 Å². The zero-order valence-corrected chi connectivity index (χ0v) is 12.7. The molecule has 0 saturated heterocycles. The summed E-state index contributed by atoms with van der Waals surface area (Å²) in [5, 5.41) is 0.448. The highest BCUT2D eigenvalue weighted by molar-refractivity contribution is 9.09. The third-order valence-electron chi connectivity index (χ3n) is 2.42. The lowest BCUT2D eigenvalue weighted by molar-refractivity contribution is -0.119. The summed E-state index contributed by atoms with van der Waals surface area (Å²) in [4.78, 5) is 9.69. The fourth-order valence-electron chi connectivity index (χ4n) is 1.59. The highest BCUT2D eigenvalue weighted by Gasteiger charge is 2.31. The molecule has 0 N–H and O–H groups in total. The van der Waals surface area contributed by atoms with Crippen LogP contribution in [0.2, 0.25) is 0 Å². The fraction of sp³-hybridized carbons (Fsp3) is 0.667. The lowest BCUT2D eigenvalue weighted by Crippen LogP contribution is -2.36. The van der Waals surface area contributed by atoms with Gasteiger partial charge in [-0.3, -0.25) is 0 Å². The van der Waals surface area contributed by atoms with Crippen LogP contribution in [0.1, 0.15) is 31.3 Å². The molecule has 1 rings (SSSR count). The maximum absolute atomic E-state index is 12.6. The number of hydrogen-bond donors (Lipinski definition) is 0. The van der Waals surface area contributed by atoms with Gasteiger partial charge >= 0.3 is 6.18 Å². The molecule has 108 valence electrons. The summed E-state index contributed by atoms with van der Waals surface area (Å²) in [7, 11) is 0. The van der Waals surface area contributed by atoms with Gasteiger partial charge in [0, 0.05) is 29.6 Å². The van der Waals surface area contributed by atoms with Crippen LogP contribution in [-0.4, -0.2) is 34.6 Å². The second-order valence-electron chi connectivity index (χ2n) is 4.61. The molecule has 0 unspecified atom stereocenters. The quantitative estimate of drug-likeness (QED) is 0.766. The molecule has 19 heavy (non-hydrogen) atoms. The van der Waals surface area contributed by atoms with E-state index in [1.54, 1.807) is 13.0 Å². The lowest BCUT2D eigenvalue weighted by Gasteiger charge is -2.25. The van der Waals surface area contributed by atoms with Crippen molar-refractivity contribution in [1.82, 2.24) is 9.97 Å². The van der Waals surface area contributed by atoms with Crippen molar-refractivity contribution in [2.75, 3.05) is 23.3 Å². The lowest BCUT2D eigenvalue weighted by atomic mass is 10.2. The summed E-state index contributed by atoms with van der Waals surface area (Å²) < 4.78 is 37.7. The Bertz CT molecular complexity index is 421. The standard InChI is InChI=1S/C12H17BrF3N3/c1-8(2)11-17-9(3)6-10(18-11)19(5-4-13)7-12(14,15)16/h6,8H,4-5,7H2,1-3H3. The van der Waals surface area contributed by atoms with E-state index >= 15 is 0 Å². The Labute approximate surface area is 119 Å². The maximum Gasteiger partial charge on any atom is 0.405 e. The van der Waals surface area contributed by atoms with Gasteiger partial charge in [0.05, 0.1) is 0 Å². The number of alkyl halides is 4. The highest BCUT2D eigenvalue weighted by atomic mass is 79.9. The van der Waals surface area contributed by atoms with Crippen LogP contribution in [0.5, 0.6) is 0 Å². The highest BCUT2D eigenvalue weighted by Crippen LogP contribution is 2.22. The van der Waals surface area contributed by atoms with E-state index in [4.69, 9.17) is 0 Å². The van der Waals surface area contributed by atoms with E-state index in [1.165, 1.54) is 4.90 Å². The monoisotopic (exact) mass is 339 g/mol. The molecule has 7 heteroatoms. The normalized spacial score (nSPS) is 12.0. The zero-order valence-electron chi connectivity index (χ0n) is 11.1. The van der Waals surface area contributed by atoms with E-state index in [9.17, 15) is 13.2 Å². The molecular formula is C12H17BrF3N3. The number of halogens is 4. The Morgan fingerprint density at radius 2 is 1.95 bits per heavy atom. The Morgan fingerprint density at radius 3 is 2.42 bits per heavy atom. The molecule has 0 atom stereocenters. The third kappa shape index (κ3) is 5.34. The molecule has 0 aliphatic carbocycles. The topological polar surface area (TPSA) is 29.0 Å². The van der Waals surface area contributed by atoms with Crippen LogP contribution in [0.15, 0.2) is 6.07 Å². The number of hydrogen-bond acceptors (Lipinski definition) is 3. The minimum atomic E-state index is -4.25. The Morgan fingerprint density at radius 1 is 1.32 bits per heavy atom. The number of rotatable bonds is 5. The van der Waals surface area contributed by atoms with Gasteiger partial charge in [-0.15, -0.1) is 0 Å². The molecule has 0 saturated carbocycles. The van der Waals surface area contributed by atoms with E-state index in [0.29, 0.717) is 22.7 Å². The van der Waals surface area contributed by atoms with Crippen molar-refractivity contribution in [2.45, 2.75) is 32.9 Å². The molecule has 0 spiro atoms. The van der Waals surface area contributed by atoms with Gasteiger partial charge in [0.15, 0.2) is 0 Å². The molecule has 0 fully saturated rings. The van der Waals surface area contributed by atoms with Crippen molar-refractivity contribution in [3.63, 3.8) is 0 Å². The van der Waals surface area contributed by atoms with Crippen LogP contribution >= 0.6 is 15.9 Å². The van der Waals surface area contributed by atoms with Crippen molar-refractivity contribution in [3.8, 4) is 0 Å². The van der Waals surface area contributed by atoms with Crippen LogP contribution in [0.25, 0.3) is 0 Å². The van der Waals surface area contributed by atoms with Gasteiger partial charge in [-0.1, -0.05) is 29.8 Å². The first-order chi connectivity index (χ1) is 8.73. The molecule has 0 bridgehead atoms. The van der Waals surface area contributed by atoms with E-state index in [1.807, 2.05) is 13.8 Å². The fourth-order valence-corrected chi connectivity index (χ4v) is 2.02. The van der Waals surface area contributed by atoms with Gasteiger partial charge in [0.1, 0.15) is 18.2 Å². The predicted molar refractivity (Wildman–Crippen MR) is 72.9 cm³/mol. The van der Waals surface area contributed by atoms with E-state index in [0.717, 1.165) is 0 Å². The predicted octanol–water partition coefficient (Wildman–Crippen LogP) is 3.67. The smallest absolute Gasteiger partial charge is 0.347 e. The van der Waals surface area contributed by atoms with Crippen molar-refractivity contribution >= 4 is 21.7 Å². The molecule has 0 amide bonds. The van der Waals surface area contributed by atoms with E-state index in [2.05, 4.69) is 25.9 Å². The van der Waals surface area contributed by atoms with Crippen LogP contribution in [0.3, 0.4) is 0 Å². The summed E-state index contributed by atoms with van der Waals surface area (Å²) in [6.07, 6.45) is -4.25. The molecule has 3 nitrogen and oxygen atoms in total. The number of aromatic nitrogens is 2. The van der Waals surface area contributed by atoms with Crippen LogP contribution in [0, 0.1) is 6.92 Å². The van der Waals surface area contributed by atoms with Crippen LogP contribution in [-0.2, 0) is 0 Å². The van der Waals surface area contributed by atoms with Crippen molar-refractivity contribution in [2.24, 2.45) is 0 Å². The third-order valence-corrected chi connectivity index (χ3v) is 2.78. The summed E-state index contributed by atoms with van der Waals surface area (Å²) in [5.41, 5.74) is 0.676. The summed E-state index contributed by atoms with van der Waals surface area (Å²) in [6, 6.07) is 1.58. The average molecular weight is 340 g/mol. The molecule has 1 aromatic rings. The molecule has 1 heterocycles. The largest absolute Gasteiger partial charge is 0.405 e. The Kier molecular flexibility index (Phi) is 5.58. The first-order valence-electron chi connectivity index (χ1n) is 5.96. The average Bonchev–Trinajstić information content (AvgIpc) is 2.25. The molecule has 0 aliphatic rings. The minimum absolute atomic E-state index is 0.0790. The molecular weight excluding hydrogens is 323 g/mol. The number of nitrogens with zero attached hydrogens (tertiary/aromatic N) is 3. The molecule has 0 radical (unpaired) electrons. The number of aryl methyl sites for hydroxylation is 1.